The predicted molar refractivity (Wildman–Crippen MR) is 144 cm³/mol. The summed E-state index contributed by atoms with van der Waals surface area (Å²) < 4.78 is 16.8. The lowest BCUT2D eigenvalue weighted by Gasteiger charge is -2.26. The van der Waals surface area contributed by atoms with E-state index >= 15 is 0 Å². The number of carbonyl (C=O) groups is 1. The van der Waals surface area contributed by atoms with Crippen molar-refractivity contribution in [2.24, 2.45) is 14.1 Å². The summed E-state index contributed by atoms with van der Waals surface area (Å²) >= 11 is 0. The molecule has 4 aromatic rings. The van der Waals surface area contributed by atoms with Gasteiger partial charge in [-0.3, -0.25) is 18.8 Å². The van der Waals surface area contributed by atoms with Crippen molar-refractivity contribution in [2.45, 2.75) is 39.3 Å². The van der Waals surface area contributed by atoms with Crippen LogP contribution in [-0.2, 0) is 36.5 Å². The van der Waals surface area contributed by atoms with Gasteiger partial charge in [-0.1, -0.05) is 18.2 Å². The van der Waals surface area contributed by atoms with Crippen LogP contribution in [0.5, 0.6) is 0 Å². The molecule has 0 amide bonds. The number of rotatable bonds is 5. The van der Waals surface area contributed by atoms with E-state index in [4.69, 9.17) is 9.47 Å². The minimum Gasteiger partial charge on any atom is -0.443 e. The minimum absolute atomic E-state index is 0.0936. The Morgan fingerprint density at radius 2 is 1.79 bits per heavy atom. The van der Waals surface area contributed by atoms with Gasteiger partial charge in [0.2, 0.25) is 0 Å². The second kappa shape index (κ2) is 9.88. The van der Waals surface area contributed by atoms with Crippen LogP contribution >= 0.6 is 0 Å². The molecule has 0 unspecified atom stereocenters. The fourth-order valence-electron chi connectivity index (χ4n) is 4.95. The third-order valence-corrected chi connectivity index (χ3v) is 6.89. The molecule has 5 rings (SSSR count). The number of ether oxygens (including phenoxy) is 2. The van der Waals surface area contributed by atoms with Gasteiger partial charge in [0.15, 0.2) is 11.2 Å². The largest absolute Gasteiger partial charge is 0.443 e. The summed E-state index contributed by atoms with van der Waals surface area (Å²) in [6, 6.07) is 9.21. The summed E-state index contributed by atoms with van der Waals surface area (Å²) in [5.41, 5.74) is 0.172. The van der Waals surface area contributed by atoms with Crippen LogP contribution in [0.2, 0.25) is 0 Å². The number of hydrogen-bond donors (Lipinski definition) is 0. The SMILES string of the molecule is Cn1c(CCN2CCOCC2)nc2c1c(=O)n(Cc1cc3ccccc3n1C(=O)OC(C)(C)C)c(=O)n2C. The Balaban J connectivity index is 1.56. The number of nitrogens with zero attached hydrogens (tertiary/aromatic N) is 6. The zero-order chi connectivity index (χ0) is 27.2. The average Bonchev–Trinajstić information content (AvgIpc) is 3.41. The molecule has 1 aromatic carbocycles. The molecule has 0 spiro atoms. The summed E-state index contributed by atoms with van der Waals surface area (Å²) in [6.07, 6.45) is 0.0803. The van der Waals surface area contributed by atoms with Crippen molar-refractivity contribution >= 4 is 28.2 Å². The third-order valence-electron chi connectivity index (χ3n) is 6.89. The van der Waals surface area contributed by atoms with Crippen molar-refractivity contribution < 1.29 is 14.3 Å². The van der Waals surface area contributed by atoms with E-state index in [9.17, 15) is 14.4 Å². The van der Waals surface area contributed by atoms with E-state index in [1.807, 2.05) is 30.3 Å². The highest BCUT2D eigenvalue weighted by Gasteiger charge is 2.24. The molecule has 1 fully saturated rings. The zero-order valence-electron chi connectivity index (χ0n) is 22.6. The fourth-order valence-corrected chi connectivity index (χ4v) is 4.95. The maximum Gasteiger partial charge on any atom is 0.419 e. The fraction of sp³-hybridized carbons (Fsp3) is 0.481. The average molecular weight is 523 g/mol. The first-order chi connectivity index (χ1) is 18.0. The highest BCUT2D eigenvalue weighted by molar-refractivity contribution is 5.91. The van der Waals surface area contributed by atoms with Crippen LogP contribution < -0.4 is 11.2 Å². The number of imidazole rings is 1. The lowest BCUT2D eigenvalue weighted by molar-refractivity contribution is 0.0381. The van der Waals surface area contributed by atoms with Gasteiger partial charge in [0.05, 0.1) is 31.0 Å². The molecule has 38 heavy (non-hydrogen) atoms. The van der Waals surface area contributed by atoms with Crippen LogP contribution in [0, 0.1) is 0 Å². The molecule has 11 nitrogen and oxygen atoms in total. The van der Waals surface area contributed by atoms with E-state index in [0.717, 1.165) is 35.4 Å². The Bertz CT molecular complexity index is 1630. The molecule has 1 aliphatic rings. The van der Waals surface area contributed by atoms with Crippen LogP contribution in [0.4, 0.5) is 4.79 Å². The summed E-state index contributed by atoms with van der Waals surface area (Å²) in [4.78, 5) is 47.3. The van der Waals surface area contributed by atoms with Crippen molar-refractivity contribution in [2.75, 3.05) is 32.8 Å². The van der Waals surface area contributed by atoms with Crippen molar-refractivity contribution in [1.29, 1.82) is 0 Å². The van der Waals surface area contributed by atoms with Crippen molar-refractivity contribution in [3.8, 4) is 0 Å². The van der Waals surface area contributed by atoms with Gasteiger partial charge < -0.3 is 14.0 Å². The summed E-state index contributed by atoms with van der Waals surface area (Å²) in [5.74, 6) is 0.735. The Labute approximate surface area is 219 Å². The van der Waals surface area contributed by atoms with Crippen LogP contribution in [0.1, 0.15) is 32.3 Å². The van der Waals surface area contributed by atoms with E-state index in [0.29, 0.717) is 42.0 Å². The zero-order valence-corrected chi connectivity index (χ0v) is 22.6. The molecule has 1 saturated heterocycles. The number of aryl methyl sites for hydroxylation is 2. The van der Waals surface area contributed by atoms with Gasteiger partial charge in [-0.15, -0.1) is 0 Å². The topological polar surface area (TPSA) is 106 Å². The molecule has 11 heteroatoms. The maximum atomic E-state index is 13.7. The highest BCUT2D eigenvalue weighted by atomic mass is 16.6. The number of para-hydroxylation sites is 1. The Morgan fingerprint density at radius 3 is 2.50 bits per heavy atom. The van der Waals surface area contributed by atoms with Gasteiger partial charge in [0.25, 0.3) is 5.56 Å². The second-order valence-corrected chi connectivity index (χ2v) is 10.7. The van der Waals surface area contributed by atoms with Crippen LogP contribution in [-0.4, -0.2) is 72.7 Å². The second-order valence-electron chi connectivity index (χ2n) is 10.7. The lowest BCUT2D eigenvalue weighted by atomic mass is 10.2. The lowest BCUT2D eigenvalue weighted by Crippen LogP contribution is -2.40. The monoisotopic (exact) mass is 522 g/mol. The Kier molecular flexibility index (Phi) is 6.74. The molecule has 0 atom stereocenters. The van der Waals surface area contributed by atoms with E-state index in [1.54, 1.807) is 39.4 Å². The third kappa shape index (κ3) is 4.79. The Hall–Kier alpha value is -3.70. The number of fused-ring (bicyclic) bond motifs is 2. The number of morpholine rings is 1. The molecular weight excluding hydrogens is 488 g/mol. The number of aromatic nitrogens is 5. The Morgan fingerprint density at radius 1 is 1.08 bits per heavy atom. The van der Waals surface area contributed by atoms with Crippen molar-refractivity contribution in [1.82, 2.24) is 28.2 Å². The van der Waals surface area contributed by atoms with E-state index < -0.39 is 22.9 Å². The van der Waals surface area contributed by atoms with Crippen LogP contribution in [0.3, 0.4) is 0 Å². The highest BCUT2D eigenvalue weighted by Crippen LogP contribution is 2.22. The summed E-state index contributed by atoms with van der Waals surface area (Å²) in [6.45, 7) is 9.23. The van der Waals surface area contributed by atoms with Gasteiger partial charge in [0.1, 0.15) is 11.4 Å². The van der Waals surface area contributed by atoms with E-state index in [1.165, 1.54) is 9.13 Å². The molecule has 0 aliphatic carbocycles. The van der Waals surface area contributed by atoms with Gasteiger partial charge in [-0.2, -0.15) is 0 Å². The molecule has 0 saturated carbocycles. The molecule has 0 radical (unpaired) electrons. The quantitative estimate of drug-likeness (QED) is 0.395. The summed E-state index contributed by atoms with van der Waals surface area (Å²) in [7, 11) is 3.42. The number of carbonyl (C=O) groups excluding carboxylic acids is 1. The smallest absolute Gasteiger partial charge is 0.419 e. The standard InChI is InChI=1S/C27H34N6O5/c1-27(2,3)38-26(36)33-19(16-18-8-6-7-9-20(18)33)17-32-24(34)22-23(30(5)25(32)35)28-21(29(22)4)10-11-31-12-14-37-15-13-31/h6-9,16H,10-15,17H2,1-5H3. The van der Waals surface area contributed by atoms with Crippen molar-refractivity contribution in [3.63, 3.8) is 0 Å². The number of hydrogen-bond acceptors (Lipinski definition) is 7. The van der Waals surface area contributed by atoms with E-state index in [-0.39, 0.29) is 6.54 Å². The van der Waals surface area contributed by atoms with E-state index in [2.05, 4.69) is 9.88 Å². The maximum absolute atomic E-state index is 13.7. The molecule has 3 aromatic heterocycles. The summed E-state index contributed by atoms with van der Waals surface area (Å²) in [5, 5.41) is 0.810. The van der Waals surface area contributed by atoms with Crippen LogP contribution in [0.15, 0.2) is 39.9 Å². The first kappa shape index (κ1) is 25.9. The van der Waals surface area contributed by atoms with Gasteiger partial charge in [-0.25, -0.2) is 19.1 Å². The van der Waals surface area contributed by atoms with Gasteiger partial charge in [0, 0.05) is 45.5 Å². The molecule has 4 heterocycles. The molecule has 0 bridgehead atoms. The number of benzene rings is 1. The predicted octanol–water partition coefficient (Wildman–Crippen LogP) is 2.09. The normalized spacial score (nSPS) is 15.0. The van der Waals surface area contributed by atoms with Crippen molar-refractivity contribution in [3.05, 3.63) is 62.7 Å². The molecule has 1 aliphatic heterocycles. The molecular formula is C27H34N6O5. The van der Waals surface area contributed by atoms with Crippen LogP contribution in [0.25, 0.3) is 22.1 Å². The molecule has 202 valence electrons. The first-order valence-corrected chi connectivity index (χ1v) is 12.8. The van der Waals surface area contributed by atoms with Gasteiger partial charge >= 0.3 is 11.8 Å². The van der Waals surface area contributed by atoms with Gasteiger partial charge in [-0.05, 0) is 32.9 Å². The minimum atomic E-state index is -0.710. The first-order valence-electron chi connectivity index (χ1n) is 12.8. The molecule has 0 N–H and O–H groups in total.